The van der Waals surface area contributed by atoms with E-state index in [1.807, 2.05) is 6.92 Å². The van der Waals surface area contributed by atoms with E-state index >= 15 is 0 Å². The Hall–Kier alpha value is -0.0900. The van der Waals surface area contributed by atoms with Crippen molar-refractivity contribution in [1.29, 1.82) is 0 Å². The van der Waals surface area contributed by atoms with Gasteiger partial charge in [0.1, 0.15) is 10.7 Å². The summed E-state index contributed by atoms with van der Waals surface area (Å²) in [7, 11) is -2.18. The molecule has 0 aromatic heterocycles. The molecule has 0 fully saturated rings. The van der Waals surface area contributed by atoms with Gasteiger partial charge in [0.25, 0.3) is 0 Å². The normalized spacial score (nSPS) is 10.4. The van der Waals surface area contributed by atoms with E-state index in [-0.39, 0.29) is 5.75 Å². The van der Waals surface area contributed by atoms with Gasteiger partial charge in [-0.3, -0.25) is 0 Å². The molecule has 0 heterocycles. The molecule has 0 bridgehead atoms. The molecule has 0 aromatic rings. The molecular formula is C5H13NO2S. The predicted molar refractivity (Wildman–Crippen MR) is 38.3 cm³/mol. The molecule has 3 nitrogen and oxygen atoms in total. The quantitative estimate of drug-likeness (QED) is 0.415. The van der Waals surface area contributed by atoms with Crippen LogP contribution >= 0.6 is 0 Å². The van der Waals surface area contributed by atoms with Crippen LogP contribution in [0.3, 0.4) is 0 Å². The Labute approximate surface area is 57.4 Å². The molecule has 56 valence electrons. The first-order valence-electron chi connectivity index (χ1n) is 3.10. The number of hydrogen-bond donors (Lipinski definition) is 2. The van der Waals surface area contributed by atoms with Crippen LogP contribution < -0.4 is 5.32 Å². The third-order valence-electron chi connectivity index (χ3n) is 0.898. The topological polar surface area (TPSA) is 46.2 Å². The van der Waals surface area contributed by atoms with Crippen molar-refractivity contribution in [3.63, 3.8) is 0 Å². The highest BCUT2D eigenvalue weighted by Gasteiger charge is 1.85. The molecule has 0 saturated carbocycles. The third kappa shape index (κ3) is 7.91. The van der Waals surface area contributed by atoms with Crippen LogP contribution in [0, 0.1) is 0 Å². The molecule has 0 saturated heterocycles. The maximum Gasteiger partial charge on any atom is 0.141 e. The molecule has 0 unspecified atom stereocenters. The number of hydrogen-bond acceptors (Lipinski definition) is 3. The second-order valence-corrected chi connectivity index (χ2v) is 2.92. The van der Waals surface area contributed by atoms with E-state index < -0.39 is 10.7 Å². The summed E-state index contributed by atoms with van der Waals surface area (Å²) in [5.41, 5.74) is 0. The molecule has 0 atom stereocenters. The summed E-state index contributed by atoms with van der Waals surface area (Å²) in [5, 5.41) is 2.98. The van der Waals surface area contributed by atoms with Gasteiger partial charge in [0, 0.05) is 6.54 Å². The molecule has 0 amide bonds. The van der Waals surface area contributed by atoms with Crippen LogP contribution in [0.15, 0.2) is 0 Å². The fraction of sp³-hybridized carbons (Fsp3) is 1.00. The summed E-state index contributed by atoms with van der Waals surface area (Å²) in [5.74, 6) is 0.259. The van der Waals surface area contributed by atoms with E-state index in [4.69, 9.17) is 0 Å². The van der Waals surface area contributed by atoms with Crippen LogP contribution in [0.1, 0.15) is 13.3 Å². The number of nitrogens with one attached hydrogen (secondary N) is 1. The van der Waals surface area contributed by atoms with Crippen LogP contribution in [0.4, 0.5) is 0 Å². The maximum atomic E-state index is 9.96. The lowest BCUT2D eigenvalue weighted by Crippen LogP contribution is -2.19. The highest BCUT2D eigenvalue weighted by molar-refractivity contribution is 7.72. The standard InChI is InChI=1S/C5H13NO2S/c1-2-3-6-4-5-9(7)8/h6,9H,2-5H2,1H3. The molecule has 0 aliphatic carbocycles. The van der Waals surface area contributed by atoms with Crippen molar-refractivity contribution in [3.05, 3.63) is 0 Å². The van der Waals surface area contributed by atoms with Gasteiger partial charge in [0.05, 0.1) is 5.75 Å². The molecule has 0 aliphatic heterocycles. The fourth-order valence-corrected chi connectivity index (χ4v) is 0.813. The van der Waals surface area contributed by atoms with Crippen molar-refractivity contribution in [3.8, 4) is 0 Å². The smallest absolute Gasteiger partial charge is 0.141 e. The van der Waals surface area contributed by atoms with Crippen molar-refractivity contribution in [2.24, 2.45) is 0 Å². The van der Waals surface area contributed by atoms with Crippen LogP contribution in [-0.4, -0.2) is 27.3 Å². The predicted octanol–water partition coefficient (Wildman–Crippen LogP) is -0.403. The first kappa shape index (κ1) is 8.91. The third-order valence-corrected chi connectivity index (χ3v) is 1.49. The van der Waals surface area contributed by atoms with Crippen molar-refractivity contribution in [2.75, 3.05) is 18.8 Å². The summed E-state index contributed by atoms with van der Waals surface area (Å²) >= 11 is 0. The zero-order valence-corrected chi connectivity index (χ0v) is 6.49. The van der Waals surface area contributed by atoms with E-state index in [9.17, 15) is 8.42 Å². The summed E-state index contributed by atoms with van der Waals surface area (Å²) in [6, 6.07) is 0. The van der Waals surface area contributed by atoms with E-state index in [1.54, 1.807) is 0 Å². The average Bonchev–Trinajstić information content (AvgIpc) is 1.80. The van der Waals surface area contributed by atoms with Gasteiger partial charge < -0.3 is 5.32 Å². The van der Waals surface area contributed by atoms with Gasteiger partial charge >= 0.3 is 0 Å². The van der Waals surface area contributed by atoms with Crippen LogP contribution in [0.25, 0.3) is 0 Å². The highest BCUT2D eigenvalue weighted by atomic mass is 32.2. The summed E-state index contributed by atoms with van der Waals surface area (Å²) in [4.78, 5) is 0. The highest BCUT2D eigenvalue weighted by Crippen LogP contribution is 1.69. The Kier molecular flexibility index (Phi) is 5.98. The zero-order valence-electron chi connectivity index (χ0n) is 5.59. The van der Waals surface area contributed by atoms with Gasteiger partial charge in [-0.15, -0.1) is 0 Å². The summed E-state index contributed by atoms with van der Waals surface area (Å²) < 4.78 is 19.9. The second kappa shape index (κ2) is 6.04. The number of thiol groups is 1. The zero-order chi connectivity index (χ0) is 7.11. The Morgan fingerprint density at radius 3 is 2.44 bits per heavy atom. The molecule has 9 heavy (non-hydrogen) atoms. The first-order chi connectivity index (χ1) is 4.27. The van der Waals surface area contributed by atoms with E-state index in [0.29, 0.717) is 6.54 Å². The minimum Gasteiger partial charge on any atom is -0.316 e. The molecular weight excluding hydrogens is 138 g/mol. The van der Waals surface area contributed by atoms with E-state index in [2.05, 4.69) is 5.32 Å². The lowest BCUT2D eigenvalue weighted by atomic mass is 10.5. The monoisotopic (exact) mass is 151 g/mol. The minimum absolute atomic E-state index is 0.259. The van der Waals surface area contributed by atoms with Crippen LogP contribution in [0.2, 0.25) is 0 Å². The van der Waals surface area contributed by atoms with Gasteiger partial charge in [0.2, 0.25) is 0 Å². The molecule has 0 spiro atoms. The SMILES string of the molecule is CCCNCC[SH](=O)=O. The van der Waals surface area contributed by atoms with Gasteiger partial charge in [-0.25, -0.2) is 8.42 Å². The Bertz CT molecular complexity index is 114. The lowest BCUT2D eigenvalue weighted by molar-refractivity contribution is 0.608. The Balaban J connectivity index is 2.92. The Morgan fingerprint density at radius 2 is 2.00 bits per heavy atom. The molecule has 1 N–H and O–H groups in total. The molecule has 0 rings (SSSR count). The Morgan fingerprint density at radius 1 is 1.33 bits per heavy atom. The van der Waals surface area contributed by atoms with Crippen LogP contribution in [0.5, 0.6) is 0 Å². The van der Waals surface area contributed by atoms with Gasteiger partial charge in [0.15, 0.2) is 0 Å². The van der Waals surface area contributed by atoms with E-state index in [1.165, 1.54) is 0 Å². The molecule has 4 heteroatoms. The first-order valence-corrected chi connectivity index (χ1v) is 4.46. The largest absolute Gasteiger partial charge is 0.316 e. The van der Waals surface area contributed by atoms with Gasteiger partial charge in [-0.1, -0.05) is 6.92 Å². The molecule has 0 radical (unpaired) electrons. The molecule has 0 aliphatic rings. The van der Waals surface area contributed by atoms with Crippen molar-refractivity contribution < 1.29 is 8.42 Å². The minimum atomic E-state index is -2.18. The van der Waals surface area contributed by atoms with Crippen molar-refractivity contribution in [1.82, 2.24) is 5.32 Å². The lowest BCUT2D eigenvalue weighted by Gasteiger charge is -1.95. The maximum absolute atomic E-state index is 9.96. The van der Waals surface area contributed by atoms with Gasteiger partial charge in [-0.2, -0.15) is 0 Å². The van der Waals surface area contributed by atoms with Crippen LogP contribution in [-0.2, 0) is 10.7 Å². The second-order valence-electron chi connectivity index (χ2n) is 1.81. The van der Waals surface area contributed by atoms with Gasteiger partial charge in [-0.05, 0) is 13.0 Å². The number of rotatable bonds is 5. The van der Waals surface area contributed by atoms with Crippen molar-refractivity contribution >= 4 is 10.7 Å². The van der Waals surface area contributed by atoms with E-state index in [0.717, 1.165) is 13.0 Å². The average molecular weight is 151 g/mol. The van der Waals surface area contributed by atoms with Crippen molar-refractivity contribution in [2.45, 2.75) is 13.3 Å². The summed E-state index contributed by atoms with van der Waals surface area (Å²) in [6.07, 6.45) is 1.05. The summed E-state index contributed by atoms with van der Waals surface area (Å²) in [6.45, 7) is 3.54. The molecule has 0 aromatic carbocycles. The fourth-order valence-electron chi connectivity index (χ4n) is 0.472.